The van der Waals surface area contributed by atoms with Crippen LogP contribution in [0.15, 0.2) is 11.6 Å². The molecule has 0 aliphatic heterocycles. The molecule has 0 aromatic carbocycles. The summed E-state index contributed by atoms with van der Waals surface area (Å²) in [5.41, 5.74) is 1.56. The first kappa shape index (κ1) is 19.7. The summed E-state index contributed by atoms with van der Waals surface area (Å²) >= 11 is 0. The minimum absolute atomic E-state index is 0.916. The van der Waals surface area contributed by atoms with Gasteiger partial charge in [-0.1, -0.05) is 90.7 Å². The van der Waals surface area contributed by atoms with Crippen molar-refractivity contribution in [1.29, 1.82) is 0 Å². The molecule has 0 fully saturated rings. The number of hydrogen-bond donors (Lipinski definition) is 0. The summed E-state index contributed by atoms with van der Waals surface area (Å²) in [4.78, 5) is 0. The number of hydrogen-bond acceptors (Lipinski definition) is 0. The van der Waals surface area contributed by atoms with Gasteiger partial charge in [0.05, 0.1) is 0 Å². The van der Waals surface area contributed by atoms with E-state index < -0.39 is 0 Å². The molecule has 0 nitrogen and oxygen atoms in total. The van der Waals surface area contributed by atoms with Gasteiger partial charge in [-0.15, -0.1) is 0 Å². The molecule has 0 rings (SSSR count). The van der Waals surface area contributed by atoms with Crippen LogP contribution in [-0.4, -0.2) is 0 Å². The molecule has 0 heteroatoms. The molecule has 0 N–H and O–H groups in total. The maximum absolute atomic E-state index is 2.48. The molecule has 2 unspecified atom stereocenters. The normalized spacial score (nSPS) is 15.3. The first-order valence-electron chi connectivity index (χ1n) is 9.29. The average molecular weight is 281 g/mol. The van der Waals surface area contributed by atoms with E-state index >= 15 is 0 Å². The van der Waals surface area contributed by atoms with Gasteiger partial charge in [-0.25, -0.2) is 0 Å². The monoisotopic (exact) mass is 280 g/mol. The van der Waals surface area contributed by atoms with Crippen molar-refractivity contribution in [2.75, 3.05) is 0 Å². The first-order valence-corrected chi connectivity index (χ1v) is 9.29. The Morgan fingerprint density at radius 2 is 1.60 bits per heavy atom. The van der Waals surface area contributed by atoms with Gasteiger partial charge in [-0.2, -0.15) is 0 Å². The first-order chi connectivity index (χ1) is 9.63. The molecule has 0 spiro atoms. The van der Waals surface area contributed by atoms with Crippen molar-refractivity contribution >= 4 is 0 Å². The van der Waals surface area contributed by atoms with Gasteiger partial charge in [-0.3, -0.25) is 0 Å². The highest BCUT2D eigenvalue weighted by atomic mass is 14.1. The molecule has 0 aliphatic rings. The van der Waals surface area contributed by atoms with Gasteiger partial charge in [0.25, 0.3) is 0 Å². The zero-order valence-electron chi connectivity index (χ0n) is 15.0. The van der Waals surface area contributed by atoms with Gasteiger partial charge >= 0.3 is 0 Å². The Balaban J connectivity index is 3.70. The Morgan fingerprint density at radius 3 is 2.20 bits per heavy atom. The van der Waals surface area contributed by atoms with Crippen LogP contribution in [0.2, 0.25) is 0 Å². The molecule has 0 heterocycles. The van der Waals surface area contributed by atoms with Crippen LogP contribution in [0.4, 0.5) is 0 Å². The molecule has 0 radical (unpaired) electrons. The van der Waals surface area contributed by atoms with Crippen LogP contribution in [0.1, 0.15) is 105 Å². The summed E-state index contributed by atoms with van der Waals surface area (Å²) in [6.45, 7) is 11.6. The summed E-state index contributed by atoms with van der Waals surface area (Å²) in [7, 11) is 0. The van der Waals surface area contributed by atoms with Crippen molar-refractivity contribution in [3.63, 3.8) is 0 Å². The molecule has 0 amide bonds. The molecule has 2 atom stereocenters. The van der Waals surface area contributed by atoms with Crippen LogP contribution in [0.25, 0.3) is 0 Å². The highest BCUT2D eigenvalue weighted by Gasteiger charge is 2.08. The smallest absolute Gasteiger partial charge is 0.0320 e. The molecule has 20 heavy (non-hydrogen) atoms. The van der Waals surface area contributed by atoms with E-state index in [1.54, 1.807) is 5.57 Å². The Kier molecular flexibility index (Phi) is 13.5. The quantitative estimate of drug-likeness (QED) is 0.241. The maximum atomic E-state index is 2.48. The van der Waals surface area contributed by atoms with E-state index in [-0.39, 0.29) is 0 Å². The fraction of sp³-hybridized carbons (Fsp3) is 0.900. The van der Waals surface area contributed by atoms with Crippen molar-refractivity contribution < 1.29 is 0 Å². The van der Waals surface area contributed by atoms with E-state index in [0.29, 0.717) is 0 Å². The molecule has 120 valence electrons. The zero-order valence-corrected chi connectivity index (χ0v) is 15.0. The molecule has 0 bridgehead atoms. The van der Waals surface area contributed by atoms with Crippen molar-refractivity contribution in [1.82, 2.24) is 0 Å². The fourth-order valence-electron chi connectivity index (χ4n) is 2.76. The highest BCUT2D eigenvalue weighted by molar-refractivity contribution is 4.97. The molecule has 0 aliphatic carbocycles. The highest BCUT2D eigenvalue weighted by Crippen LogP contribution is 2.23. The van der Waals surface area contributed by atoms with Crippen molar-refractivity contribution in [3.8, 4) is 0 Å². The summed E-state index contributed by atoms with van der Waals surface area (Å²) in [6.07, 6.45) is 17.8. The number of rotatable bonds is 13. The van der Waals surface area contributed by atoms with Crippen molar-refractivity contribution in [3.05, 3.63) is 11.6 Å². The second kappa shape index (κ2) is 13.7. The second-order valence-electron chi connectivity index (χ2n) is 6.80. The molecular formula is C20H40. The average Bonchev–Trinajstić information content (AvgIpc) is 2.46. The summed E-state index contributed by atoms with van der Waals surface area (Å²) in [5.74, 6) is 1.85. The largest absolute Gasteiger partial charge is 0.0853 e. The molecule has 0 aromatic rings. The predicted octanol–water partition coefficient (Wildman–Crippen LogP) is 7.54. The van der Waals surface area contributed by atoms with Crippen LogP contribution in [0.5, 0.6) is 0 Å². The summed E-state index contributed by atoms with van der Waals surface area (Å²) in [5, 5.41) is 0. The van der Waals surface area contributed by atoms with Gasteiger partial charge in [0, 0.05) is 0 Å². The second-order valence-corrected chi connectivity index (χ2v) is 6.80. The van der Waals surface area contributed by atoms with Gasteiger partial charge in [0.1, 0.15) is 0 Å². The van der Waals surface area contributed by atoms with Crippen LogP contribution in [0.3, 0.4) is 0 Å². The summed E-state index contributed by atoms with van der Waals surface area (Å²) < 4.78 is 0. The zero-order chi connectivity index (χ0) is 15.2. The lowest BCUT2D eigenvalue weighted by Crippen LogP contribution is -2.02. The lowest BCUT2D eigenvalue weighted by Gasteiger charge is -2.17. The standard InChI is InChI=1S/C20H40/c1-6-9-10-11-12-13-19(5)15-17-20(8-3)16-14-18(4)7-2/h14,19-20H,6-13,15-17H2,1-5H3. The van der Waals surface area contributed by atoms with E-state index in [2.05, 4.69) is 40.7 Å². The van der Waals surface area contributed by atoms with E-state index in [1.807, 2.05) is 0 Å². The third-order valence-electron chi connectivity index (χ3n) is 4.80. The van der Waals surface area contributed by atoms with Gasteiger partial charge in [0.15, 0.2) is 0 Å². The fourth-order valence-corrected chi connectivity index (χ4v) is 2.76. The van der Waals surface area contributed by atoms with Gasteiger partial charge in [0.2, 0.25) is 0 Å². The predicted molar refractivity (Wildman–Crippen MR) is 94.2 cm³/mol. The van der Waals surface area contributed by atoms with E-state index in [1.165, 1.54) is 70.6 Å². The third-order valence-corrected chi connectivity index (χ3v) is 4.80. The minimum atomic E-state index is 0.916. The summed E-state index contributed by atoms with van der Waals surface area (Å²) in [6, 6.07) is 0. The molecule has 0 saturated heterocycles. The Hall–Kier alpha value is -0.260. The molecule has 0 aromatic heterocycles. The van der Waals surface area contributed by atoms with Crippen LogP contribution < -0.4 is 0 Å². The van der Waals surface area contributed by atoms with Gasteiger partial charge in [-0.05, 0) is 38.0 Å². The topological polar surface area (TPSA) is 0 Å². The lowest BCUT2D eigenvalue weighted by molar-refractivity contribution is 0.378. The van der Waals surface area contributed by atoms with Crippen molar-refractivity contribution in [2.24, 2.45) is 11.8 Å². The van der Waals surface area contributed by atoms with Gasteiger partial charge < -0.3 is 0 Å². The number of unbranched alkanes of at least 4 members (excludes halogenated alkanes) is 4. The van der Waals surface area contributed by atoms with Crippen LogP contribution >= 0.6 is 0 Å². The number of allylic oxidation sites excluding steroid dienone is 2. The molecule has 0 saturated carbocycles. The van der Waals surface area contributed by atoms with E-state index in [0.717, 1.165) is 11.8 Å². The molecular weight excluding hydrogens is 240 g/mol. The Bertz CT molecular complexity index is 226. The van der Waals surface area contributed by atoms with E-state index in [4.69, 9.17) is 0 Å². The van der Waals surface area contributed by atoms with Crippen LogP contribution in [-0.2, 0) is 0 Å². The van der Waals surface area contributed by atoms with Crippen molar-refractivity contribution in [2.45, 2.75) is 105 Å². The Morgan fingerprint density at radius 1 is 0.900 bits per heavy atom. The van der Waals surface area contributed by atoms with E-state index in [9.17, 15) is 0 Å². The maximum Gasteiger partial charge on any atom is -0.0320 e. The minimum Gasteiger partial charge on any atom is -0.0853 e. The third kappa shape index (κ3) is 11.6. The Labute approximate surface area is 129 Å². The van der Waals surface area contributed by atoms with Crippen LogP contribution in [0, 0.1) is 11.8 Å². The lowest BCUT2D eigenvalue weighted by atomic mass is 9.89. The SMILES string of the molecule is CCCCCCCC(C)CCC(CC)CC=C(C)CC.